The van der Waals surface area contributed by atoms with Crippen molar-refractivity contribution in [3.63, 3.8) is 0 Å². The van der Waals surface area contributed by atoms with Crippen LogP contribution in [0.3, 0.4) is 0 Å². The molecular weight excluding hydrogens is 288 g/mol. The minimum absolute atomic E-state index is 0.0291. The van der Waals surface area contributed by atoms with E-state index in [1.807, 2.05) is 6.07 Å². The molecule has 1 aliphatic carbocycles. The molecule has 0 saturated carbocycles. The summed E-state index contributed by atoms with van der Waals surface area (Å²) in [6, 6.07) is 14.7. The Hall–Kier alpha value is -2.93. The van der Waals surface area contributed by atoms with Crippen LogP contribution in [-0.4, -0.2) is 4.92 Å². The van der Waals surface area contributed by atoms with Crippen LogP contribution in [0.2, 0.25) is 0 Å². The van der Waals surface area contributed by atoms with Gasteiger partial charge < -0.3 is 0 Å². The maximum absolute atomic E-state index is 10.9. The van der Waals surface area contributed by atoms with E-state index in [0.717, 1.165) is 18.4 Å². The molecule has 4 heteroatoms. The van der Waals surface area contributed by atoms with Gasteiger partial charge in [0.15, 0.2) is 0 Å². The van der Waals surface area contributed by atoms with Gasteiger partial charge in [0.2, 0.25) is 0 Å². The van der Waals surface area contributed by atoms with E-state index in [9.17, 15) is 15.4 Å². The Morgan fingerprint density at radius 2 is 1.91 bits per heavy atom. The first-order chi connectivity index (χ1) is 11.2. The fourth-order valence-corrected chi connectivity index (χ4v) is 2.98. The second kappa shape index (κ2) is 6.45. The number of benzene rings is 2. The van der Waals surface area contributed by atoms with E-state index in [2.05, 4.69) is 18.2 Å². The second-order valence-corrected chi connectivity index (χ2v) is 5.71. The lowest BCUT2D eigenvalue weighted by molar-refractivity contribution is -0.384. The van der Waals surface area contributed by atoms with Crippen LogP contribution in [0.4, 0.5) is 5.69 Å². The molecule has 0 heterocycles. The number of nitriles is 1. The summed E-state index contributed by atoms with van der Waals surface area (Å²) in [6.45, 7) is 0. The van der Waals surface area contributed by atoms with Crippen molar-refractivity contribution in [1.82, 2.24) is 0 Å². The molecule has 3 rings (SSSR count). The lowest BCUT2D eigenvalue weighted by atomic mass is 9.89. The number of non-ortho nitro benzene ring substituents is 1. The molecule has 0 atom stereocenters. The first-order valence-electron chi connectivity index (χ1n) is 7.66. The third-order valence-corrected chi connectivity index (χ3v) is 4.17. The van der Waals surface area contributed by atoms with Gasteiger partial charge in [-0.15, -0.1) is 0 Å². The Balaban J connectivity index is 1.98. The molecule has 0 radical (unpaired) electrons. The highest BCUT2D eigenvalue weighted by molar-refractivity contribution is 5.90. The Bertz CT molecular complexity index is 832. The number of hydrogen-bond acceptors (Lipinski definition) is 3. The number of nitrogens with zero attached hydrogens (tertiary/aromatic N) is 2. The zero-order chi connectivity index (χ0) is 16.2. The second-order valence-electron chi connectivity index (χ2n) is 5.71. The average Bonchev–Trinajstić information content (AvgIpc) is 2.59. The summed E-state index contributed by atoms with van der Waals surface area (Å²) >= 11 is 0. The smallest absolute Gasteiger partial charge is 0.258 e. The van der Waals surface area contributed by atoms with Crippen molar-refractivity contribution < 1.29 is 4.92 Å². The number of nitro groups is 1. The largest absolute Gasteiger partial charge is 0.270 e. The van der Waals surface area contributed by atoms with Crippen molar-refractivity contribution in [3.05, 3.63) is 74.8 Å². The SMILES string of the molecule is N#C/C(=C\c1cccc([N+](=O)[O-])c1)c1ccc2c(c1)CCCC2. The average molecular weight is 304 g/mol. The van der Waals surface area contributed by atoms with Crippen LogP contribution in [0, 0.1) is 21.4 Å². The molecule has 0 unspecified atom stereocenters. The van der Waals surface area contributed by atoms with Crippen LogP contribution >= 0.6 is 0 Å². The molecule has 1 aliphatic rings. The van der Waals surface area contributed by atoms with Crippen molar-refractivity contribution in [2.75, 3.05) is 0 Å². The van der Waals surface area contributed by atoms with Gasteiger partial charge in [0, 0.05) is 12.1 Å². The predicted molar refractivity (Wildman–Crippen MR) is 89.7 cm³/mol. The minimum Gasteiger partial charge on any atom is -0.258 e. The molecule has 0 spiro atoms. The first-order valence-corrected chi connectivity index (χ1v) is 7.66. The normalized spacial score (nSPS) is 14.0. The van der Waals surface area contributed by atoms with E-state index in [1.165, 1.54) is 36.1 Å². The standard InChI is InChI=1S/C19H16N2O2/c20-13-18(10-14-4-3-7-19(11-14)21(22)23)17-9-8-15-5-1-2-6-16(15)12-17/h3-4,7-12H,1-2,5-6H2/b18-10+. The Kier molecular flexibility index (Phi) is 4.20. The van der Waals surface area contributed by atoms with E-state index >= 15 is 0 Å². The fourth-order valence-electron chi connectivity index (χ4n) is 2.98. The maximum atomic E-state index is 10.9. The molecule has 0 saturated heterocycles. The summed E-state index contributed by atoms with van der Waals surface area (Å²) in [6.07, 6.45) is 6.27. The molecule has 0 fully saturated rings. The third kappa shape index (κ3) is 3.29. The van der Waals surface area contributed by atoms with Crippen LogP contribution < -0.4 is 0 Å². The Labute approximate surface area is 134 Å². The summed E-state index contributed by atoms with van der Waals surface area (Å²) in [5.74, 6) is 0. The van der Waals surface area contributed by atoms with Gasteiger partial charge in [-0.05, 0) is 54.0 Å². The molecule has 0 aliphatic heterocycles. The van der Waals surface area contributed by atoms with Crippen LogP contribution in [0.1, 0.15) is 35.1 Å². The molecule has 0 bridgehead atoms. The number of fused-ring (bicyclic) bond motifs is 1. The summed E-state index contributed by atoms with van der Waals surface area (Å²) < 4.78 is 0. The highest BCUT2D eigenvalue weighted by Gasteiger charge is 2.11. The molecule has 0 N–H and O–H groups in total. The van der Waals surface area contributed by atoms with Gasteiger partial charge in [0.05, 0.1) is 16.6 Å². The molecule has 114 valence electrons. The number of aryl methyl sites for hydroxylation is 2. The summed E-state index contributed by atoms with van der Waals surface area (Å²) in [5.41, 5.74) is 4.77. The zero-order valence-electron chi connectivity index (χ0n) is 12.7. The Morgan fingerprint density at radius 3 is 2.65 bits per heavy atom. The van der Waals surface area contributed by atoms with Crippen LogP contribution in [0.15, 0.2) is 42.5 Å². The minimum atomic E-state index is -0.428. The lowest BCUT2D eigenvalue weighted by Gasteiger charge is -2.16. The van der Waals surface area contributed by atoms with Gasteiger partial charge in [-0.3, -0.25) is 10.1 Å². The van der Waals surface area contributed by atoms with E-state index in [1.54, 1.807) is 18.2 Å². The Morgan fingerprint density at radius 1 is 1.13 bits per heavy atom. The van der Waals surface area contributed by atoms with Crippen molar-refractivity contribution >= 4 is 17.3 Å². The van der Waals surface area contributed by atoms with Crippen molar-refractivity contribution in [2.45, 2.75) is 25.7 Å². The van der Waals surface area contributed by atoms with Crippen molar-refractivity contribution in [3.8, 4) is 6.07 Å². The van der Waals surface area contributed by atoms with Gasteiger partial charge in [0.1, 0.15) is 0 Å². The lowest BCUT2D eigenvalue weighted by Crippen LogP contribution is -2.02. The maximum Gasteiger partial charge on any atom is 0.270 e. The summed E-state index contributed by atoms with van der Waals surface area (Å²) in [4.78, 5) is 10.4. The summed E-state index contributed by atoms with van der Waals surface area (Å²) in [5, 5.41) is 20.3. The highest BCUT2D eigenvalue weighted by atomic mass is 16.6. The third-order valence-electron chi connectivity index (χ3n) is 4.17. The van der Waals surface area contributed by atoms with Gasteiger partial charge in [-0.2, -0.15) is 5.26 Å². The van der Waals surface area contributed by atoms with E-state index < -0.39 is 4.92 Å². The van der Waals surface area contributed by atoms with E-state index in [4.69, 9.17) is 0 Å². The van der Waals surface area contributed by atoms with Crippen molar-refractivity contribution in [1.29, 1.82) is 5.26 Å². The number of nitro benzene ring substituents is 1. The quantitative estimate of drug-likeness (QED) is 0.362. The molecule has 4 nitrogen and oxygen atoms in total. The van der Waals surface area contributed by atoms with Gasteiger partial charge >= 0.3 is 0 Å². The molecule has 23 heavy (non-hydrogen) atoms. The summed E-state index contributed by atoms with van der Waals surface area (Å²) in [7, 11) is 0. The topological polar surface area (TPSA) is 66.9 Å². The van der Waals surface area contributed by atoms with Gasteiger partial charge in [-0.25, -0.2) is 0 Å². The molecule has 2 aromatic rings. The van der Waals surface area contributed by atoms with Crippen molar-refractivity contribution in [2.24, 2.45) is 0 Å². The molecule has 0 aromatic heterocycles. The van der Waals surface area contributed by atoms with Crippen LogP contribution in [-0.2, 0) is 12.8 Å². The molecule has 0 amide bonds. The fraction of sp³-hybridized carbons (Fsp3) is 0.211. The number of rotatable bonds is 3. The van der Waals surface area contributed by atoms with Crippen LogP contribution in [0.25, 0.3) is 11.6 Å². The van der Waals surface area contributed by atoms with Gasteiger partial charge in [0.25, 0.3) is 5.69 Å². The highest BCUT2D eigenvalue weighted by Crippen LogP contribution is 2.26. The zero-order valence-corrected chi connectivity index (χ0v) is 12.7. The number of hydrogen-bond donors (Lipinski definition) is 0. The predicted octanol–water partition coefficient (Wildman–Crippen LogP) is 4.54. The number of allylic oxidation sites excluding steroid dienone is 1. The van der Waals surface area contributed by atoms with E-state index in [0.29, 0.717) is 11.1 Å². The first kappa shape index (κ1) is 15.0. The van der Waals surface area contributed by atoms with Crippen LogP contribution in [0.5, 0.6) is 0 Å². The monoisotopic (exact) mass is 304 g/mol. The molecular formula is C19H16N2O2. The van der Waals surface area contributed by atoms with E-state index in [-0.39, 0.29) is 5.69 Å². The molecule has 2 aromatic carbocycles. The van der Waals surface area contributed by atoms with Gasteiger partial charge in [-0.1, -0.05) is 30.3 Å².